The second-order valence-electron chi connectivity index (χ2n) is 5.52. The third-order valence-electron chi connectivity index (χ3n) is 3.74. The number of benzene rings is 1. The summed E-state index contributed by atoms with van der Waals surface area (Å²) in [5.41, 5.74) is 0.909. The number of carbonyl (C=O) groups excluding carboxylic acids is 2. The molecule has 0 bridgehead atoms. The first-order chi connectivity index (χ1) is 11.5. The third-order valence-corrected chi connectivity index (χ3v) is 3.74. The predicted octanol–water partition coefficient (Wildman–Crippen LogP) is 1.12. The number of aliphatic carboxylic acids is 1. The van der Waals surface area contributed by atoms with Crippen LogP contribution in [0.15, 0.2) is 30.3 Å². The first-order valence-electron chi connectivity index (χ1n) is 7.71. The molecule has 0 unspecified atom stereocenters. The molecule has 1 atom stereocenters. The Labute approximate surface area is 140 Å². The Kier molecular flexibility index (Phi) is 6.00. The van der Waals surface area contributed by atoms with E-state index in [9.17, 15) is 14.4 Å². The highest BCUT2D eigenvalue weighted by molar-refractivity contribution is 5.82. The Morgan fingerprint density at radius 2 is 1.71 bits per heavy atom. The zero-order valence-electron chi connectivity index (χ0n) is 13.5. The fourth-order valence-corrected chi connectivity index (χ4v) is 2.24. The van der Waals surface area contributed by atoms with Crippen LogP contribution in [0.5, 0.6) is 0 Å². The molecular formula is C16H21N3O5. The number of carboxylic acids is 1. The maximum Gasteiger partial charge on any atom is 0.410 e. The monoisotopic (exact) mass is 335 g/mol. The van der Waals surface area contributed by atoms with E-state index in [0.717, 1.165) is 5.56 Å². The molecule has 2 N–H and O–H groups in total. The van der Waals surface area contributed by atoms with Crippen LogP contribution in [0.25, 0.3) is 0 Å². The van der Waals surface area contributed by atoms with Gasteiger partial charge in [0.05, 0.1) is 0 Å². The van der Waals surface area contributed by atoms with Gasteiger partial charge in [0.15, 0.2) is 0 Å². The van der Waals surface area contributed by atoms with Gasteiger partial charge in [-0.3, -0.25) is 4.79 Å². The SMILES string of the molecule is C[C@H](NC(=O)N1CCN(C(=O)OCc2ccccc2)CC1)C(=O)O. The molecule has 8 heteroatoms. The van der Waals surface area contributed by atoms with Crippen LogP contribution in [0.4, 0.5) is 9.59 Å². The minimum absolute atomic E-state index is 0.205. The molecule has 1 fully saturated rings. The van der Waals surface area contributed by atoms with Gasteiger partial charge in [-0.15, -0.1) is 0 Å². The van der Waals surface area contributed by atoms with Crippen LogP contribution in [-0.2, 0) is 16.1 Å². The normalized spacial score (nSPS) is 15.5. The van der Waals surface area contributed by atoms with Crippen molar-refractivity contribution in [3.05, 3.63) is 35.9 Å². The predicted molar refractivity (Wildman–Crippen MR) is 85.4 cm³/mol. The first kappa shape index (κ1) is 17.6. The van der Waals surface area contributed by atoms with Crippen molar-refractivity contribution in [2.75, 3.05) is 26.2 Å². The van der Waals surface area contributed by atoms with Gasteiger partial charge in [0.1, 0.15) is 12.6 Å². The van der Waals surface area contributed by atoms with Crippen LogP contribution in [-0.4, -0.2) is 65.2 Å². The van der Waals surface area contributed by atoms with Crippen LogP contribution < -0.4 is 5.32 Å². The van der Waals surface area contributed by atoms with Crippen molar-refractivity contribution >= 4 is 18.1 Å². The summed E-state index contributed by atoms with van der Waals surface area (Å²) in [6.07, 6.45) is -0.419. The summed E-state index contributed by atoms with van der Waals surface area (Å²) < 4.78 is 5.25. The minimum Gasteiger partial charge on any atom is -0.480 e. The van der Waals surface area contributed by atoms with Gasteiger partial charge in [-0.05, 0) is 12.5 Å². The quantitative estimate of drug-likeness (QED) is 0.859. The van der Waals surface area contributed by atoms with Crippen LogP contribution in [0.1, 0.15) is 12.5 Å². The molecule has 0 spiro atoms. The number of nitrogens with one attached hydrogen (secondary N) is 1. The van der Waals surface area contributed by atoms with Gasteiger partial charge in [0, 0.05) is 26.2 Å². The van der Waals surface area contributed by atoms with Gasteiger partial charge in [0.2, 0.25) is 0 Å². The molecule has 0 saturated carbocycles. The van der Waals surface area contributed by atoms with E-state index in [4.69, 9.17) is 9.84 Å². The summed E-state index contributed by atoms with van der Waals surface area (Å²) in [7, 11) is 0. The number of nitrogens with zero attached hydrogens (tertiary/aromatic N) is 2. The number of urea groups is 1. The van der Waals surface area contributed by atoms with E-state index in [1.165, 1.54) is 16.7 Å². The topological polar surface area (TPSA) is 99.2 Å². The smallest absolute Gasteiger partial charge is 0.410 e. The Hall–Kier alpha value is -2.77. The third kappa shape index (κ3) is 4.87. The number of carboxylic acid groups (broad SMARTS) is 1. The van der Waals surface area contributed by atoms with Crippen molar-refractivity contribution < 1.29 is 24.2 Å². The van der Waals surface area contributed by atoms with Gasteiger partial charge >= 0.3 is 18.1 Å². The lowest BCUT2D eigenvalue weighted by atomic mass is 10.2. The van der Waals surface area contributed by atoms with Crippen LogP contribution in [0.3, 0.4) is 0 Å². The average Bonchev–Trinajstić information content (AvgIpc) is 2.60. The van der Waals surface area contributed by atoms with E-state index in [0.29, 0.717) is 26.2 Å². The molecular weight excluding hydrogens is 314 g/mol. The standard InChI is InChI=1S/C16H21N3O5/c1-12(14(20)21)17-15(22)18-7-9-19(10-8-18)16(23)24-11-13-5-3-2-4-6-13/h2-6,12H,7-11H2,1H3,(H,17,22)(H,20,21)/t12-/m0/s1. The van der Waals surface area contributed by atoms with Crippen molar-refractivity contribution in [2.45, 2.75) is 19.6 Å². The number of ether oxygens (including phenoxy) is 1. The summed E-state index contributed by atoms with van der Waals surface area (Å²) in [6, 6.07) is 7.99. The fourth-order valence-electron chi connectivity index (χ4n) is 2.24. The maximum atomic E-state index is 12.0. The van der Waals surface area contributed by atoms with Gasteiger partial charge in [0.25, 0.3) is 0 Å². The summed E-state index contributed by atoms with van der Waals surface area (Å²) in [5, 5.41) is 11.2. The van der Waals surface area contributed by atoms with Crippen LogP contribution in [0, 0.1) is 0 Å². The number of rotatable bonds is 4. The zero-order valence-corrected chi connectivity index (χ0v) is 13.5. The van der Waals surface area contributed by atoms with Crippen molar-refractivity contribution in [3.63, 3.8) is 0 Å². The summed E-state index contributed by atoms with van der Waals surface area (Å²) >= 11 is 0. The Bertz CT molecular complexity index is 585. The maximum absolute atomic E-state index is 12.0. The summed E-state index contributed by atoms with van der Waals surface area (Å²) in [4.78, 5) is 37.7. The van der Waals surface area contributed by atoms with E-state index < -0.39 is 24.1 Å². The molecule has 130 valence electrons. The molecule has 1 aliphatic heterocycles. The van der Waals surface area contributed by atoms with E-state index in [1.54, 1.807) is 0 Å². The minimum atomic E-state index is -1.09. The first-order valence-corrected chi connectivity index (χ1v) is 7.71. The van der Waals surface area contributed by atoms with Gasteiger partial charge in [-0.1, -0.05) is 30.3 Å². The molecule has 3 amide bonds. The van der Waals surface area contributed by atoms with Crippen LogP contribution in [0.2, 0.25) is 0 Å². The molecule has 1 aliphatic rings. The molecule has 0 aromatic heterocycles. The zero-order chi connectivity index (χ0) is 17.5. The van der Waals surface area contributed by atoms with E-state index in [2.05, 4.69) is 5.32 Å². The van der Waals surface area contributed by atoms with Crippen molar-refractivity contribution in [1.29, 1.82) is 0 Å². The number of amides is 3. The largest absolute Gasteiger partial charge is 0.480 e. The Morgan fingerprint density at radius 3 is 2.29 bits per heavy atom. The molecule has 1 heterocycles. The molecule has 0 radical (unpaired) electrons. The molecule has 0 aliphatic carbocycles. The highest BCUT2D eigenvalue weighted by atomic mass is 16.6. The lowest BCUT2D eigenvalue weighted by Gasteiger charge is -2.34. The summed E-state index contributed by atoms with van der Waals surface area (Å²) in [6.45, 7) is 2.97. The molecule has 1 aromatic rings. The number of carbonyl (C=O) groups is 3. The highest BCUT2D eigenvalue weighted by Gasteiger charge is 2.26. The Balaban J connectivity index is 1.74. The second-order valence-corrected chi connectivity index (χ2v) is 5.52. The summed E-state index contributed by atoms with van der Waals surface area (Å²) in [5.74, 6) is -1.09. The number of hydrogen-bond acceptors (Lipinski definition) is 4. The highest BCUT2D eigenvalue weighted by Crippen LogP contribution is 2.07. The van der Waals surface area contributed by atoms with Crippen molar-refractivity contribution in [2.24, 2.45) is 0 Å². The lowest BCUT2D eigenvalue weighted by Crippen LogP contribution is -2.55. The van der Waals surface area contributed by atoms with Crippen molar-refractivity contribution in [3.8, 4) is 0 Å². The van der Waals surface area contributed by atoms with Gasteiger partial charge < -0.3 is 25.0 Å². The van der Waals surface area contributed by atoms with Crippen molar-refractivity contribution in [1.82, 2.24) is 15.1 Å². The Morgan fingerprint density at radius 1 is 1.12 bits per heavy atom. The second kappa shape index (κ2) is 8.19. The fraction of sp³-hybridized carbons (Fsp3) is 0.438. The van der Waals surface area contributed by atoms with E-state index in [-0.39, 0.29) is 6.61 Å². The van der Waals surface area contributed by atoms with E-state index in [1.807, 2.05) is 30.3 Å². The average molecular weight is 335 g/mol. The molecule has 2 rings (SSSR count). The molecule has 8 nitrogen and oxygen atoms in total. The van der Waals surface area contributed by atoms with Gasteiger partial charge in [-0.25, -0.2) is 9.59 Å². The van der Waals surface area contributed by atoms with Crippen LogP contribution >= 0.6 is 0 Å². The molecule has 24 heavy (non-hydrogen) atoms. The number of piperazine rings is 1. The molecule has 1 saturated heterocycles. The molecule has 1 aromatic carbocycles. The number of hydrogen-bond donors (Lipinski definition) is 2. The van der Waals surface area contributed by atoms with Gasteiger partial charge in [-0.2, -0.15) is 0 Å². The van der Waals surface area contributed by atoms with E-state index >= 15 is 0 Å². The lowest BCUT2D eigenvalue weighted by molar-refractivity contribution is -0.138.